The number of fused-ring (bicyclic) bond motifs is 1. The van der Waals surface area contributed by atoms with E-state index in [0.717, 1.165) is 48.6 Å². The number of amides is 2. The van der Waals surface area contributed by atoms with Crippen LogP contribution in [0.15, 0.2) is 66.7 Å². The molecule has 2 aliphatic rings. The Balaban J connectivity index is 1.33. The van der Waals surface area contributed by atoms with Crippen LogP contribution >= 0.6 is 0 Å². The maximum atomic E-state index is 13.6. The van der Waals surface area contributed by atoms with E-state index >= 15 is 0 Å². The van der Waals surface area contributed by atoms with Crippen molar-refractivity contribution in [2.45, 2.75) is 38.6 Å². The Hall–Kier alpha value is -3.14. The van der Waals surface area contributed by atoms with E-state index in [4.69, 9.17) is 0 Å². The number of piperidine rings is 1. The van der Waals surface area contributed by atoms with E-state index in [1.54, 1.807) is 0 Å². The van der Waals surface area contributed by atoms with Crippen molar-refractivity contribution < 1.29 is 9.59 Å². The molecule has 3 aromatic rings. The molecule has 2 fully saturated rings. The number of carbonyl (C=O) groups excluding carboxylic acids is 2. The minimum Gasteiger partial charge on any atom is -0.338 e. The molecular weight excluding hydrogens is 396 g/mol. The van der Waals surface area contributed by atoms with Crippen LogP contribution in [0.3, 0.4) is 0 Å². The second kappa shape index (κ2) is 8.78. The summed E-state index contributed by atoms with van der Waals surface area (Å²) in [4.78, 5) is 30.9. The van der Waals surface area contributed by atoms with E-state index in [2.05, 4.69) is 36.1 Å². The molecule has 5 rings (SSSR count). The van der Waals surface area contributed by atoms with Crippen LogP contribution in [0, 0.1) is 12.8 Å². The third kappa shape index (κ3) is 3.90. The number of benzene rings is 3. The van der Waals surface area contributed by atoms with Crippen LogP contribution in [0.5, 0.6) is 0 Å². The average molecular weight is 427 g/mol. The lowest BCUT2D eigenvalue weighted by molar-refractivity contribution is -0.137. The highest BCUT2D eigenvalue weighted by molar-refractivity contribution is 6.07. The highest BCUT2D eigenvalue weighted by Gasteiger charge is 2.37. The SMILES string of the molecule is Cc1ccc([C@@H]2CCCN2C(=O)[C@@H]2CCCN(C(=O)c3cccc4ccccc34)C2)cc1. The number of rotatable bonds is 3. The maximum absolute atomic E-state index is 13.6. The largest absolute Gasteiger partial charge is 0.338 e. The molecule has 2 amide bonds. The normalized spacial score (nSPS) is 21.2. The first-order chi connectivity index (χ1) is 15.6. The molecule has 0 unspecified atom stereocenters. The Morgan fingerprint density at radius 2 is 1.59 bits per heavy atom. The standard InChI is InChI=1S/C28H30N2O2/c1-20-13-15-22(16-14-20)26-12-6-18-30(26)27(31)23-9-5-17-29(19-23)28(32)25-11-4-8-21-7-2-3-10-24(21)25/h2-4,7-8,10-11,13-16,23,26H,5-6,9,12,17-19H2,1H3/t23-,26+/m1/s1. The van der Waals surface area contributed by atoms with Crippen LogP contribution in [0.1, 0.15) is 53.2 Å². The van der Waals surface area contributed by atoms with E-state index in [1.165, 1.54) is 11.1 Å². The monoisotopic (exact) mass is 426 g/mol. The van der Waals surface area contributed by atoms with Gasteiger partial charge in [-0.15, -0.1) is 0 Å². The van der Waals surface area contributed by atoms with Crippen molar-refractivity contribution in [2.75, 3.05) is 19.6 Å². The topological polar surface area (TPSA) is 40.6 Å². The summed E-state index contributed by atoms with van der Waals surface area (Å²) >= 11 is 0. The van der Waals surface area contributed by atoms with Crippen molar-refractivity contribution in [1.29, 1.82) is 0 Å². The molecule has 4 heteroatoms. The summed E-state index contributed by atoms with van der Waals surface area (Å²) in [5.41, 5.74) is 3.19. The molecule has 2 heterocycles. The van der Waals surface area contributed by atoms with Gasteiger partial charge in [0.05, 0.1) is 12.0 Å². The van der Waals surface area contributed by atoms with Gasteiger partial charge in [-0.3, -0.25) is 9.59 Å². The lowest BCUT2D eigenvalue weighted by atomic mass is 9.94. The van der Waals surface area contributed by atoms with Crippen LogP contribution in [0.2, 0.25) is 0 Å². The summed E-state index contributed by atoms with van der Waals surface area (Å²) in [6, 6.07) is 22.6. The maximum Gasteiger partial charge on any atom is 0.254 e. The van der Waals surface area contributed by atoms with Crippen molar-refractivity contribution in [3.8, 4) is 0 Å². The minimum absolute atomic E-state index is 0.0378. The Kier molecular flexibility index (Phi) is 5.69. The Bertz CT molecular complexity index is 1130. The molecule has 164 valence electrons. The molecule has 0 aromatic heterocycles. The smallest absolute Gasteiger partial charge is 0.254 e. The van der Waals surface area contributed by atoms with Crippen LogP contribution in [-0.2, 0) is 4.79 Å². The average Bonchev–Trinajstić information content (AvgIpc) is 3.33. The van der Waals surface area contributed by atoms with Gasteiger partial charge in [0.25, 0.3) is 5.91 Å². The number of hydrogen-bond acceptors (Lipinski definition) is 2. The van der Waals surface area contributed by atoms with Crippen molar-refractivity contribution in [3.63, 3.8) is 0 Å². The second-order valence-electron chi connectivity index (χ2n) is 9.22. The van der Waals surface area contributed by atoms with Gasteiger partial charge >= 0.3 is 0 Å². The van der Waals surface area contributed by atoms with E-state index in [0.29, 0.717) is 13.1 Å². The number of hydrogen-bond donors (Lipinski definition) is 0. The molecule has 2 aliphatic heterocycles. The van der Waals surface area contributed by atoms with Crippen molar-refractivity contribution in [2.24, 2.45) is 5.92 Å². The highest BCUT2D eigenvalue weighted by atomic mass is 16.2. The molecule has 0 spiro atoms. The Labute approximate surface area is 189 Å². The van der Waals surface area contributed by atoms with Gasteiger partial charge < -0.3 is 9.80 Å². The quantitative estimate of drug-likeness (QED) is 0.565. The van der Waals surface area contributed by atoms with Gasteiger partial charge in [-0.2, -0.15) is 0 Å². The zero-order chi connectivity index (χ0) is 22.1. The summed E-state index contributed by atoms with van der Waals surface area (Å²) in [6.07, 6.45) is 3.78. The van der Waals surface area contributed by atoms with Gasteiger partial charge in [-0.05, 0) is 55.0 Å². The van der Waals surface area contributed by atoms with Crippen molar-refractivity contribution in [1.82, 2.24) is 9.80 Å². The fraction of sp³-hybridized carbons (Fsp3) is 0.357. The number of nitrogens with zero attached hydrogens (tertiary/aromatic N) is 2. The number of likely N-dealkylation sites (tertiary alicyclic amines) is 2. The summed E-state index contributed by atoms with van der Waals surface area (Å²) in [6.45, 7) is 4.13. The molecule has 0 aliphatic carbocycles. The first kappa shape index (κ1) is 20.7. The van der Waals surface area contributed by atoms with Crippen LogP contribution in [-0.4, -0.2) is 41.2 Å². The van der Waals surface area contributed by atoms with E-state index in [9.17, 15) is 9.59 Å². The predicted molar refractivity (Wildman–Crippen MR) is 127 cm³/mol. The van der Waals surface area contributed by atoms with Crippen LogP contribution in [0.25, 0.3) is 10.8 Å². The Morgan fingerprint density at radius 3 is 2.44 bits per heavy atom. The molecule has 0 N–H and O–H groups in total. The van der Waals surface area contributed by atoms with Gasteiger partial charge in [0, 0.05) is 25.2 Å². The number of aryl methyl sites for hydroxylation is 1. The van der Waals surface area contributed by atoms with Crippen molar-refractivity contribution >= 4 is 22.6 Å². The third-order valence-electron chi connectivity index (χ3n) is 7.08. The second-order valence-corrected chi connectivity index (χ2v) is 9.22. The molecule has 2 saturated heterocycles. The van der Waals surface area contributed by atoms with E-state index < -0.39 is 0 Å². The lowest BCUT2D eigenvalue weighted by Gasteiger charge is -2.36. The molecule has 32 heavy (non-hydrogen) atoms. The van der Waals surface area contributed by atoms with Crippen LogP contribution in [0.4, 0.5) is 0 Å². The van der Waals surface area contributed by atoms with Gasteiger partial charge in [0.1, 0.15) is 0 Å². The number of carbonyl (C=O) groups is 2. The summed E-state index contributed by atoms with van der Waals surface area (Å²) < 4.78 is 0. The first-order valence-corrected chi connectivity index (χ1v) is 11.8. The van der Waals surface area contributed by atoms with Gasteiger partial charge in [0.2, 0.25) is 5.91 Å². The first-order valence-electron chi connectivity index (χ1n) is 11.8. The minimum atomic E-state index is -0.117. The summed E-state index contributed by atoms with van der Waals surface area (Å²) in [5, 5.41) is 2.05. The predicted octanol–water partition coefficient (Wildman–Crippen LogP) is 5.36. The summed E-state index contributed by atoms with van der Waals surface area (Å²) in [5.74, 6) is 0.132. The molecule has 0 saturated carbocycles. The van der Waals surface area contributed by atoms with E-state index in [1.807, 2.05) is 47.4 Å². The fourth-order valence-corrected chi connectivity index (χ4v) is 5.35. The van der Waals surface area contributed by atoms with E-state index in [-0.39, 0.29) is 23.8 Å². The third-order valence-corrected chi connectivity index (χ3v) is 7.08. The molecular formula is C28H30N2O2. The molecule has 4 nitrogen and oxygen atoms in total. The zero-order valence-corrected chi connectivity index (χ0v) is 18.7. The molecule has 0 radical (unpaired) electrons. The van der Waals surface area contributed by atoms with Gasteiger partial charge in [-0.25, -0.2) is 0 Å². The fourth-order valence-electron chi connectivity index (χ4n) is 5.35. The highest BCUT2D eigenvalue weighted by Crippen LogP contribution is 2.35. The molecule has 0 bridgehead atoms. The van der Waals surface area contributed by atoms with Crippen LogP contribution < -0.4 is 0 Å². The Morgan fingerprint density at radius 1 is 0.844 bits per heavy atom. The molecule has 3 aromatic carbocycles. The molecule has 2 atom stereocenters. The van der Waals surface area contributed by atoms with Gasteiger partial charge in [-0.1, -0.05) is 66.2 Å². The zero-order valence-electron chi connectivity index (χ0n) is 18.7. The summed E-state index contributed by atoms with van der Waals surface area (Å²) in [7, 11) is 0. The van der Waals surface area contributed by atoms with Gasteiger partial charge in [0.15, 0.2) is 0 Å². The van der Waals surface area contributed by atoms with Crippen molar-refractivity contribution in [3.05, 3.63) is 83.4 Å². The lowest BCUT2D eigenvalue weighted by Crippen LogP contribution is -2.46.